The minimum absolute atomic E-state index is 0.333. The van der Waals surface area contributed by atoms with Crippen LogP contribution in [0.5, 0.6) is 0 Å². The van der Waals surface area contributed by atoms with Gasteiger partial charge in [0.25, 0.3) is 0 Å². The number of benzene rings is 1. The van der Waals surface area contributed by atoms with Crippen molar-refractivity contribution < 1.29 is 0 Å². The summed E-state index contributed by atoms with van der Waals surface area (Å²) in [5.41, 5.74) is 2.37. The van der Waals surface area contributed by atoms with E-state index < -0.39 is 0 Å². The molecule has 0 saturated heterocycles. The lowest BCUT2D eigenvalue weighted by atomic mass is 10.2. The summed E-state index contributed by atoms with van der Waals surface area (Å²) in [4.78, 5) is 4.14. The fourth-order valence-electron chi connectivity index (χ4n) is 1.47. The van der Waals surface area contributed by atoms with Crippen molar-refractivity contribution >= 4 is 39.0 Å². The molecule has 1 heterocycles. The van der Waals surface area contributed by atoms with Crippen molar-refractivity contribution in [3.63, 3.8) is 0 Å². The second-order valence-corrected chi connectivity index (χ2v) is 5.01. The number of nitrogens with zero attached hydrogens (tertiary/aromatic N) is 2. The van der Waals surface area contributed by atoms with E-state index in [4.69, 9.17) is 16.9 Å². The molecule has 0 unspecified atom stereocenters. The molecule has 0 aliphatic rings. The fourth-order valence-corrected chi connectivity index (χ4v) is 2.04. The first-order valence-electron chi connectivity index (χ1n) is 5.19. The highest BCUT2D eigenvalue weighted by Crippen LogP contribution is 2.29. The van der Waals surface area contributed by atoms with Crippen LogP contribution >= 0.6 is 27.5 Å². The molecular formula is C13H9BrClN3. The third-order valence-corrected chi connectivity index (χ3v) is 3.34. The molecule has 0 amide bonds. The number of hydrogen-bond donors (Lipinski definition) is 1. The molecule has 5 heteroatoms. The third-order valence-electron chi connectivity index (χ3n) is 2.46. The topological polar surface area (TPSA) is 48.7 Å². The van der Waals surface area contributed by atoms with E-state index in [9.17, 15) is 0 Å². The molecule has 18 heavy (non-hydrogen) atoms. The number of aromatic nitrogens is 1. The Kier molecular flexibility index (Phi) is 3.85. The van der Waals surface area contributed by atoms with Gasteiger partial charge in [-0.15, -0.1) is 0 Å². The lowest BCUT2D eigenvalue weighted by Crippen LogP contribution is -1.97. The highest BCUT2D eigenvalue weighted by atomic mass is 79.9. The molecule has 1 N–H and O–H groups in total. The molecule has 0 aliphatic carbocycles. The average molecular weight is 323 g/mol. The Morgan fingerprint density at radius 3 is 2.89 bits per heavy atom. The highest BCUT2D eigenvalue weighted by Gasteiger charge is 2.08. The van der Waals surface area contributed by atoms with E-state index >= 15 is 0 Å². The zero-order valence-electron chi connectivity index (χ0n) is 9.54. The quantitative estimate of drug-likeness (QED) is 0.890. The van der Waals surface area contributed by atoms with Crippen molar-refractivity contribution in [2.45, 2.75) is 6.92 Å². The second kappa shape index (κ2) is 5.38. The van der Waals surface area contributed by atoms with Crippen molar-refractivity contribution in [1.29, 1.82) is 5.26 Å². The maximum absolute atomic E-state index is 8.91. The van der Waals surface area contributed by atoms with E-state index in [1.165, 1.54) is 0 Å². The van der Waals surface area contributed by atoms with Crippen molar-refractivity contribution in [3.8, 4) is 6.07 Å². The van der Waals surface area contributed by atoms with Crippen LogP contribution < -0.4 is 5.32 Å². The molecule has 3 nitrogen and oxygen atoms in total. The van der Waals surface area contributed by atoms with Crippen LogP contribution in [0.1, 0.15) is 11.1 Å². The number of pyridine rings is 1. The van der Waals surface area contributed by atoms with Crippen LogP contribution in [0, 0.1) is 18.3 Å². The molecule has 0 bridgehead atoms. The fraction of sp³-hybridized carbons (Fsp3) is 0.0769. The number of halogens is 2. The van der Waals surface area contributed by atoms with E-state index in [1.807, 2.05) is 31.2 Å². The Morgan fingerprint density at radius 2 is 2.17 bits per heavy atom. The Balaban J connectivity index is 2.41. The van der Waals surface area contributed by atoms with Gasteiger partial charge in [0.15, 0.2) is 5.82 Å². The normalized spacial score (nSPS) is 9.89. The number of nitrogens with one attached hydrogen (secondary N) is 1. The molecule has 2 aromatic rings. The molecule has 1 aromatic heterocycles. The molecule has 90 valence electrons. The summed E-state index contributed by atoms with van der Waals surface area (Å²) in [5, 5.41) is 12.4. The first kappa shape index (κ1) is 12.9. The van der Waals surface area contributed by atoms with Crippen molar-refractivity contribution in [2.24, 2.45) is 0 Å². The Bertz CT molecular complexity index is 635. The lowest BCUT2D eigenvalue weighted by Gasteiger charge is -2.11. The van der Waals surface area contributed by atoms with Crippen LogP contribution in [0.4, 0.5) is 11.5 Å². The SMILES string of the molecule is Cc1ccc(Br)cc1Nc1nccc(C#N)c1Cl. The molecule has 0 spiro atoms. The monoisotopic (exact) mass is 321 g/mol. The number of anilines is 2. The van der Waals surface area contributed by atoms with Gasteiger partial charge in [-0.1, -0.05) is 33.6 Å². The predicted octanol–water partition coefficient (Wildman–Crippen LogP) is 4.42. The van der Waals surface area contributed by atoms with Crippen LogP contribution in [0.2, 0.25) is 5.02 Å². The van der Waals surface area contributed by atoms with Crippen LogP contribution in [0.25, 0.3) is 0 Å². The van der Waals surface area contributed by atoms with Crippen LogP contribution in [0.3, 0.4) is 0 Å². The van der Waals surface area contributed by atoms with Gasteiger partial charge in [-0.05, 0) is 30.7 Å². The minimum Gasteiger partial charge on any atom is -0.339 e. The molecule has 0 fully saturated rings. The third kappa shape index (κ3) is 2.63. The Morgan fingerprint density at radius 1 is 1.39 bits per heavy atom. The van der Waals surface area contributed by atoms with Crippen molar-refractivity contribution in [3.05, 3.63) is 51.1 Å². The zero-order chi connectivity index (χ0) is 13.1. The number of aryl methyl sites for hydroxylation is 1. The summed E-state index contributed by atoms with van der Waals surface area (Å²) in [6.45, 7) is 1.98. The molecule has 1 aromatic carbocycles. The molecule has 0 saturated carbocycles. The van der Waals surface area contributed by atoms with E-state index in [-0.39, 0.29) is 0 Å². The summed E-state index contributed by atoms with van der Waals surface area (Å²) < 4.78 is 0.961. The van der Waals surface area contributed by atoms with Gasteiger partial charge in [0.05, 0.1) is 5.56 Å². The maximum atomic E-state index is 8.91. The largest absolute Gasteiger partial charge is 0.339 e. The average Bonchev–Trinajstić information content (AvgIpc) is 2.36. The summed E-state index contributed by atoms with van der Waals surface area (Å²) >= 11 is 9.50. The molecule has 0 radical (unpaired) electrons. The minimum atomic E-state index is 0.333. The van der Waals surface area contributed by atoms with Gasteiger partial charge >= 0.3 is 0 Å². The first-order chi connectivity index (χ1) is 8.61. The Hall–Kier alpha value is -1.57. The number of rotatable bonds is 2. The van der Waals surface area contributed by atoms with E-state index in [2.05, 4.69) is 26.2 Å². The molecule has 0 atom stereocenters. The summed E-state index contributed by atoms with van der Waals surface area (Å²) in [6, 6.07) is 9.49. The molecule has 0 aliphatic heterocycles. The number of nitriles is 1. The Labute approximate surface area is 119 Å². The van der Waals surface area contributed by atoms with Crippen molar-refractivity contribution in [2.75, 3.05) is 5.32 Å². The summed E-state index contributed by atoms with van der Waals surface area (Å²) in [7, 11) is 0. The standard InChI is InChI=1S/C13H9BrClN3/c1-8-2-3-10(14)6-11(8)18-13-12(15)9(7-16)4-5-17-13/h2-6H,1H3,(H,17,18). The lowest BCUT2D eigenvalue weighted by molar-refractivity contribution is 1.28. The van der Waals surface area contributed by atoms with Gasteiger partial charge < -0.3 is 5.32 Å². The van der Waals surface area contributed by atoms with Crippen LogP contribution in [-0.4, -0.2) is 4.98 Å². The van der Waals surface area contributed by atoms with Gasteiger partial charge in [0.2, 0.25) is 0 Å². The van der Waals surface area contributed by atoms with Gasteiger partial charge in [0, 0.05) is 16.4 Å². The predicted molar refractivity (Wildman–Crippen MR) is 76.1 cm³/mol. The van der Waals surface area contributed by atoms with E-state index in [0.29, 0.717) is 16.4 Å². The summed E-state index contributed by atoms with van der Waals surface area (Å²) in [5.74, 6) is 0.483. The van der Waals surface area contributed by atoms with Crippen LogP contribution in [0.15, 0.2) is 34.9 Å². The summed E-state index contributed by atoms with van der Waals surface area (Å²) in [6.07, 6.45) is 1.56. The van der Waals surface area contributed by atoms with Gasteiger partial charge in [0.1, 0.15) is 11.1 Å². The number of hydrogen-bond acceptors (Lipinski definition) is 3. The molecular weight excluding hydrogens is 314 g/mol. The smallest absolute Gasteiger partial charge is 0.150 e. The van der Waals surface area contributed by atoms with E-state index in [1.54, 1.807) is 12.3 Å². The van der Waals surface area contributed by atoms with Gasteiger partial charge in [-0.3, -0.25) is 0 Å². The molecule has 2 rings (SSSR count). The van der Waals surface area contributed by atoms with Gasteiger partial charge in [-0.25, -0.2) is 4.98 Å². The van der Waals surface area contributed by atoms with E-state index in [0.717, 1.165) is 15.7 Å². The maximum Gasteiger partial charge on any atom is 0.150 e. The second-order valence-electron chi connectivity index (χ2n) is 3.72. The zero-order valence-corrected chi connectivity index (χ0v) is 11.9. The van der Waals surface area contributed by atoms with Gasteiger partial charge in [-0.2, -0.15) is 5.26 Å². The van der Waals surface area contributed by atoms with Crippen LogP contribution in [-0.2, 0) is 0 Å². The van der Waals surface area contributed by atoms with Crippen molar-refractivity contribution in [1.82, 2.24) is 4.98 Å². The highest BCUT2D eigenvalue weighted by molar-refractivity contribution is 9.10. The first-order valence-corrected chi connectivity index (χ1v) is 6.36.